The minimum atomic E-state index is -0.486. The number of ether oxygens (including phenoxy) is 2. The molecule has 3 aliphatic rings. The van der Waals surface area contributed by atoms with Crippen LogP contribution in [0.5, 0.6) is 11.5 Å². The molecule has 1 amide bonds. The Morgan fingerprint density at radius 1 is 1.26 bits per heavy atom. The number of fused-ring (bicyclic) bond motifs is 5. The Morgan fingerprint density at radius 2 is 2.18 bits per heavy atom. The van der Waals surface area contributed by atoms with Crippen molar-refractivity contribution in [1.29, 1.82) is 0 Å². The zero-order chi connectivity index (χ0) is 26.1. The number of aromatic amines is 1. The second kappa shape index (κ2) is 10.5. The number of carbonyl (C=O) groups excluding carboxylic acids is 1. The number of allylic oxidation sites excluding steroid dienone is 1. The number of rotatable bonds is 3. The van der Waals surface area contributed by atoms with E-state index in [-0.39, 0.29) is 17.6 Å². The number of benzene rings is 1. The largest absolute Gasteiger partial charge is 0.492 e. The predicted octanol–water partition coefficient (Wildman–Crippen LogP) is 4.85. The van der Waals surface area contributed by atoms with Gasteiger partial charge in [-0.25, -0.2) is 4.39 Å². The van der Waals surface area contributed by atoms with Crippen LogP contribution in [0, 0.1) is 11.7 Å². The van der Waals surface area contributed by atoms with Crippen molar-refractivity contribution in [2.45, 2.75) is 25.2 Å². The van der Waals surface area contributed by atoms with Crippen molar-refractivity contribution in [3.63, 3.8) is 0 Å². The van der Waals surface area contributed by atoms with Gasteiger partial charge in [0.1, 0.15) is 5.75 Å². The highest BCUT2D eigenvalue weighted by Gasteiger charge is 2.33. The van der Waals surface area contributed by atoms with Crippen LogP contribution in [0.15, 0.2) is 48.8 Å². The van der Waals surface area contributed by atoms with Gasteiger partial charge < -0.3 is 25.1 Å². The van der Waals surface area contributed by atoms with Crippen molar-refractivity contribution in [2.24, 2.45) is 5.92 Å². The topological polar surface area (TPSA) is 91.5 Å². The zero-order valence-electron chi connectivity index (χ0n) is 21.4. The number of amides is 1. The van der Waals surface area contributed by atoms with Crippen LogP contribution in [0.3, 0.4) is 0 Å². The average Bonchev–Trinajstić information content (AvgIpc) is 3.31. The van der Waals surface area contributed by atoms with Gasteiger partial charge in [-0.1, -0.05) is 18.2 Å². The third kappa shape index (κ3) is 4.62. The number of nitrogens with one attached hydrogen (secondary N) is 3. The van der Waals surface area contributed by atoms with E-state index in [0.717, 1.165) is 50.2 Å². The first kappa shape index (κ1) is 24.5. The summed E-state index contributed by atoms with van der Waals surface area (Å²) >= 11 is 0. The summed E-state index contributed by atoms with van der Waals surface area (Å²) in [5.41, 5.74) is 3.84. The van der Waals surface area contributed by atoms with Gasteiger partial charge >= 0.3 is 0 Å². The van der Waals surface area contributed by atoms with Gasteiger partial charge in [0.15, 0.2) is 11.6 Å². The van der Waals surface area contributed by atoms with E-state index in [1.807, 2.05) is 6.07 Å². The van der Waals surface area contributed by atoms with Crippen molar-refractivity contribution in [3.8, 4) is 22.8 Å². The molecule has 0 aliphatic carbocycles. The average molecular weight is 518 g/mol. The van der Waals surface area contributed by atoms with Crippen LogP contribution in [0.1, 0.15) is 41.2 Å². The highest BCUT2D eigenvalue weighted by atomic mass is 19.1. The summed E-state index contributed by atoms with van der Waals surface area (Å²) in [6.07, 6.45) is 11.0. The Morgan fingerprint density at radius 3 is 3.08 bits per heavy atom. The number of methoxy groups -OCH3 is 1. The number of aromatic nitrogens is 2. The molecule has 9 heteroatoms. The van der Waals surface area contributed by atoms with Crippen molar-refractivity contribution < 1.29 is 18.7 Å². The minimum Gasteiger partial charge on any atom is -0.492 e. The van der Waals surface area contributed by atoms with E-state index in [1.165, 1.54) is 13.2 Å². The monoisotopic (exact) mass is 517 g/mol. The molecule has 38 heavy (non-hydrogen) atoms. The molecule has 3 unspecified atom stereocenters. The molecule has 0 saturated carbocycles. The number of piperidine rings is 1. The highest BCUT2D eigenvalue weighted by Crippen LogP contribution is 2.44. The van der Waals surface area contributed by atoms with Crippen LogP contribution in [0.25, 0.3) is 11.3 Å². The summed E-state index contributed by atoms with van der Waals surface area (Å²) in [5, 5.41) is 6.38. The summed E-state index contributed by atoms with van der Waals surface area (Å²) in [7, 11) is 1.43. The molecule has 5 heterocycles. The number of pyridine rings is 1. The van der Waals surface area contributed by atoms with Gasteiger partial charge in [-0.05, 0) is 44.0 Å². The van der Waals surface area contributed by atoms with Crippen LogP contribution in [-0.2, 0) is 0 Å². The first-order chi connectivity index (χ1) is 18.6. The Balaban J connectivity index is 1.50. The molecule has 198 valence electrons. The maximum Gasteiger partial charge on any atom is 0.255 e. The molecule has 1 saturated heterocycles. The molecule has 1 fully saturated rings. The summed E-state index contributed by atoms with van der Waals surface area (Å²) in [4.78, 5) is 23.7. The molecule has 8 nitrogen and oxygen atoms in total. The van der Waals surface area contributed by atoms with Crippen LogP contribution in [-0.4, -0.2) is 60.7 Å². The summed E-state index contributed by atoms with van der Waals surface area (Å²) < 4.78 is 26.3. The second-order valence-corrected chi connectivity index (χ2v) is 10.2. The number of carbonyl (C=O) groups is 1. The molecule has 1 aromatic carbocycles. The Hall–Kier alpha value is -3.85. The molecule has 3 aromatic rings. The van der Waals surface area contributed by atoms with E-state index in [4.69, 9.17) is 9.47 Å². The SMILES string of the molecule is COc1c(F)cccc1Nc1c2[nH]c3c1C(=O)NCC3CC=CCN1CCCC(COc3cnccc3-2)C1. The number of nitrogens with zero attached hydrogens (tertiary/aromatic N) is 2. The Bertz CT molecular complexity index is 1370. The maximum absolute atomic E-state index is 14.6. The summed E-state index contributed by atoms with van der Waals surface area (Å²) in [6.45, 7) is 4.12. The quantitative estimate of drug-likeness (QED) is 0.431. The fourth-order valence-corrected chi connectivity index (χ4v) is 5.79. The number of hydrogen-bond donors (Lipinski definition) is 3. The van der Waals surface area contributed by atoms with Crippen molar-refractivity contribution in [3.05, 3.63) is 65.9 Å². The maximum atomic E-state index is 14.6. The van der Waals surface area contributed by atoms with Crippen LogP contribution >= 0.6 is 0 Å². The number of hydrogen-bond acceptors (Lipinski definition) is 6. The first-order valence-corrected chi connectivity index (χ1v) is 13.2. The number of H-pyrrole nitrogens is 1. The van der Waals surface area contributed by atoms with Gasteiger partial charge in [-0.3, -0.25) is 14.7 Å². The van der Waals surface area contributed by atoms with E-state index in [2.05, 4.69) is 37.7 Å². The lowest BCUT2D eigenvalue weighted by Crippen LogP contribution is -2.37. The van der Waals surface area contributed by atoms with Crippen molar-refractivity contribution >= 4 is 17.3 Å². The van der Waals surface area contributed by atoms with Crippen LogP contribution in [0.2, 0.25) is 0 Å². The third-order valence-corrected chi connectivity index (χ3v) is 7.69. The molecular weight excluding hydrogens is 485 g/mol. The van der Waals surface area contributed by atoms with Gasteiger partial charge in [0, 0.05) is 48.9 Å². The number of halogens is 1. The van der Waals surface area contributed by atoms with Gasteiger partial charge in [0.25, 0.3) is 5.91 Å². The number of para-hydroxylation sites is 1. The lowest BCUT2D eigenvalue weighted by molar-refractivity contribution is 0.0941. The smallest absolute Gasteiger partial charge is 0.255 e. The first-order valence-electron chi connectivity index (χ1n) is 13.2. The van der Waals surface area contributed by atoms with E-state index in [9.17, 15) is 9.18 Å². The summed E-state index contributed by atoms with van der Waals surface area (Å²) in [6, 6.07) is 6.58. The second-order valence-electron chi connectivity index (χ2n) is 10.2. The highest BCUT2D eigenvalue weighted by molar-refractivity contribution is 6.07. The molecule has 0 spiro atoms. The van der Waals surface area contributed by atoms with Crippen molar-refractivity contribution in [2.75, 3.05) is 45.2 Å². The minimum absolute atomic E-state index is 0.0630. The van der Waals surface area contributed by atoms with E-state index < -0.39 is 5.82 Å². The van der Waals surface area contributed by atoms with E-state index in [1.54, 1.807) is 24.5 Å². The lowest BCUT2D eigenvalue weighted by Gasteiger charge is -2.32. The zero-order valence-corrected chi connectivity index (χ0v) is 21.4. The molecule has 4 bridgehead atoms. The molecule has 6 rings (SSSR count). The van der Waals surface area contributed by atoms with E-state index in [0.29, 0.717) is 47.5 Å². The molecule has 2 aromatic heterocycles. The predicted molar refractivity (Wildman–Crippen MR) is 144 cm³/mol. The van der Waals surface area contributed by atoms with Crippen LogP contribution < -0.4 is 20.1 Å². The normalized spacial score (nSPS) is 22.8. The molecular formula is C29H32FN5O3. The standard InChI is InChI=1S/C29H32FN5O3/c1-37-28-21(30)8-4-9-22(28)33-27-24-25-19(14-32-29(24)36)7-2-3-12-35-13-5-6-18(16-35)17-38-23-15-31-11-10-20(23)26(27)34-25/h2-4,8-11,15,18-19,33-34H,5-7,12-14,16-17H2,1H3,(H,32,36). The van der Waals surface area contributed by atoms with E-state index >= 15 is 0 Å². The summed E-state index contributed by atoms with van der Waals surface area (Å²) in [5.74, 6) is 0.546. The fraction of sp³-hybridized carbons (Fsp3) is 0.379. The van der Waals surface area contributed by atoms with Gasteiger partial charge in [0.05, 0.1) is 42.5 Å². The molecule has 3 aliphatic heterocycles. The Labute approximate surface area is 221 Å². The van der Waals surface area contributed by atoms with Gasteiger partial charge in [0.2, 0.25) is 0 Å². The molecule has 3 N–H and O–H groups in total. The lowest BCUT2D eigenvalue weighted by atomic mass is 9.93. The molecule has 0 radical (unpaired) electrons. The Kier molecular flexibility index (Phi) is 6.76. The molecule has 3 atom stereocenters. The number of anilines is 2. The van der Waals surface area contributed by atoms with Gasteiger partial charge in [-0.2, -0.15) is 0 Å². The van der Waals surface area contributed by atoms with Crippen molar-refractivity contribution in [1.82, 2.24) is 20.2 Å². The van der Waals surface area contributed by atoms with Crippen LogP contribution in [0.4, 0.5) is 15.8 Å². The van der Waals surface area contributed by atoms with Gasteiger partial charge in [-0.15, -0.1) is 0 Å². The fourth-order valence-electron chi connectivity index (χ4n) is 5.79. The third-order valence-electron chi connectivity index (χ3n) is 7.69.